The van der Waals surface area contributed by atoms with E-state index in [4.69, 9.17) is 0 Å². The highest BCUT2D eigenvalue weighted by molar-refractivity contribution is 5.98. The minimum absolute atomic E-state index is 0.0267. The van der Waals surface area contributed by atoms with Crippen molar-refractivity contribution in [3.05, 3.63) is 112 Å². The number of carbonyl (C=O) groups excluding carboxylic acids is 1. The van der Waals surface area contributed by atoms with Crippen molar-refractivity contribution in [1.82, 2.24) is 14.6 Å². The second kappa shape index (κ2) is 8.73. The van der Waals surface area contributed by atoms with E-state index in [0.717, 1.165) is 22.6 Å². The van der Waals surface area contributed by atoms with Crippen LogP contribution in [0.4, 0.5) is 5.69 Å². The summed E-state index contributed by atoms with van der Waals surface area (Å²) in [4.78, 5) is 23.4. The van der Waals surface area contributed by atoms with Crippen molar-refractivity contribution < 1.29 is 9.72 Å². The van der Waals surface area contributed by atoms with Gasteiger partial charge in [-0.3, -0.25) is 14.9 Å². The van der Waals surface area contributed by atoms with Crippen molar-refractivity contribution in [2.24, 2.45) is 5.10 Å². The number of rotatable bonds is 6. The summed E-state index contributed by atoms with van der Waals surface area (Å²) in [6, 6.07) is 19.4. The second-order valence-corrected chi connectivity index (χ2v) is 7.25. The Morgan fingerprint density at radius 3 is 2.53 bits per heavy atom. The monoisotopic (exact) mass is 427 g/mol. The maximum absolute atomic E-state index is 12.7. The van der Waals surface area contributed by atoms with Crippen LogP contribution in [-0.4, -0.2) is 26.2 Å². The summed E-state index contributed by atoms with van der Waals surface area (Å²) < 4.78 is 3.78. The first-order valence-corrected chi connectivity index (χ1v) is 9.95. The molecule has 0 aliphatic rings. The Bertz CT molecular complexity index is 1320. The van der Waals surface area contributed by atoms with E-state index in [1.54, 1.807) is 24.4 Å². The van der Waals surface area contributed by atoms with Gasteiger partial charge < -0.3 is 9.13 Å². The topological polar surface area (TPSA) is 94.5 Å². The molecule has 0 radical (unpaired) electrons. The molecule has 8 heteroatoms. The van der Waals surface area contributed by atoms with Gasteiger partial charge >= 0.3 is 0 Å². The maximum Gasteiger partial charge on any atom is 0.273 e. The van der Waals surface area contributed by atoms with Crippen LogP contribution in [0.15, 0.2) is 84.2 Å². The summed E-state index contributed by atoms with van der Waals surface area (Å²) in [7, 11) is 0. The predicted octanol–water partition coefficient (Wildman–Crippen LogP) is 4.56. The second-order valence-electron chi connectivity index (χ2n) is 7.25. The van der Waals surface area contributed by atoms with Gasteiger partial charge in [0.05, 0.1) is 28.1 Å². The van der Waals surface area contributed by atoms with Gasteiger partial charge in [-0.1, -0.05) is 18.2 Å². The number of benzene rings is 2. The van der Waals surface area contributed by atoms with Gasteiger partial charge in [-0.05, 0) is 50.2 Å². The molecule has 1 amide bonds. The molecule has 4 rings (SSSR count). The lowest BCUT2D eigenvalue weighted by atomic mass is 10.1. The van der Waals surface area contributed by atoms with Crippen LogP contribution in [0.3, 0.4) is 0 Å². The number of nitro benzene ring substituents is 1. The lowest BCUT2D eigenvalue weighted by molar-refractivity contribution is -0.384. The van der Waals surface area contributed by atoms with Gasteiger partial charge in [0.25, 0.3) is 11.6 Å². The molecule has 1 N–H and O–H groups in total. The molecule has 2 heterocycles. The number of para-hydroxylation sites is 1. The van der Waals surface area contributed by atoms with Crippen molar-refractivity contribution in [2.75, 3.05) is 0 Å². The summed E-state index contributed by atoms with van der Waals surface area (Å²) in [5.74, 6) is -0.321. The van der Waals surface area contributed by atoms with Crippen molar-refractivity contribution in [2.45, 2.75) is 13.8 Å². The minimum Gasteiger partial charge on any atom is -0.323 e. The normalized spacial score (nSPS) is 11.1. The molecular weight excluding hydrogens is 406 g/mol. The maximum atomic E-state index is 12.7. The standard InChI is InChI=1S/C24H21N5O3/c1-17-14-19(18(2)28(17)20-8-7-9-21(15-20)29(31)32)16-25-26-24(30)22-10-3-4-11-23(22)27-12-5-6-13-27/h3-16H,1-2H3,(H,26,30)/b25-16-. The van der Waals surface area contributed by atoms with Crippen LogP contribution in [0.2, 0.25) is 0 Å². The Kier molecular flexibility index (Phi) is 5.67. The molecule has 2 aromatic heterocycles. The Morgan fingerprint density at radius 2 is 1.78 bits per heavy atom. The highest BCUT2D eigenvalue weighted by atomic mass is 16.6. The molecule has 32 heavy (non-hydrogen) atoms. The zero-order valence-electron chi connectivity index (χ0n) is 17.6. The lowest BCUT2D eigenvalue weighted by Crippen LogP contribution is -2.19. The Balaban J connectivity index is 1.56. The molecule has 0 bridgehead atoms. The number of aromatic nitrogens is 2. The summed E-state index contributed by atoms with van der Waals surface area (Å²) in [6.45, 7) is 3.81. The van der Waals surface area contributed by atoms with Crippen LogP contribution in [0.1, 0.15) is 27.3 Å². The van der Waals surface area contributed by atoms with Gasteiger partial charge in [-0.2, -0.15) is 5.10 Å². The largest absolute Gasteiger partial charge is 0.323 e. The third-order valence-electron chi connectivity index (χ3n) is 5.17. The molecule has 0 saturated heterocycles. The molecule has 8 nitrogen and oxygen atoms in total. The van der Waals surface area contributed by atoms with Crippen LogP contribution in [0.25, 0.3) is 11.4 Å². The highest BCUT2D eigenvalue weighted by Crippen LogP contribution is 2.23. The van der Waals surface area contributed by atoms with E-state index >= 15 is 0 Å². The van der Waals surface area contributed by atoms with Crippen molar-refractivity contribution in [3.8, 4) is 11.4 Å². The van der Waals surface area contributed by atoms with Crippen LogP contribution in [0.5, 0.6) is 0 Å². The first kappa shape index (κ1) is 20.8. The van der Waals surface area contributed by atoms with Gasteiger partial charge in [0.1, 0.15) is 0 Å². The van der Waals surface area contributed by atoms with E-state index in [2.05, 4.69) is 10.5 Å². The number of hydrazone groups is 1. The molecule has 160 valence electrons. The van der Waals surface area contributed by atoms with Gasteiger partial charge in [0.15, 0.2) is 0 Å². The van der Waals surface area contributed by atoms with Crippen LogP contribution >= 0.6 is 0 Å². The molecule has 0 aliphatic carbocycles. The van der Waals surface area contributed by atoms with Crippen LogP contribution in [-0.2, 0) is 0 Å². The molecule has 2 aromatic carbocycles. The Morgan fingerprint density at radius 1 is 1.03 bits per heavy atom. The average molecular weight is 427 g/mol. The zero-order valence-corrected chi connectivity index (χ0v) is 17.6. The number of nitro groups is 1. The molecule has 0 saturated carbocycles. The van der Waals surface area contributed by atoms with Gasteiger partial charge in [-0.25, -0.2) is 5.43 Å². The van der Waals surface area contributed by atoms with Crippen molar-refractivity contribution >= 4 is 17.8 Å². The van der Waals surface area contributed by atoms with Crippen LogP contribution < -0.4 is 5.43 Å². The SMILES string of the molecule is Cc1cc(/C=N\NC(=O)c2ccccc2-n2cccc2)c(C)n1-c1cccc([N+](=O)[O-])c1. The molecule has 0 aliphatic heterocycles. The summed E-state index contributed by atoms with van der Waals surface area (Å²) in [6.07, 6.45) is 5.32. The Labute approximate surface area is 184 Å². The third kappa shape index (κ3) is 4.06. The molecule has 0 unspecified atom stereocenters. The zero-order chi connectivity index (χ0) is 22.7. The lowest BCUT2D eigenvalue weighted by Gasteiger charge is -2.09. The first-order chi connectivity index (χ1) is 15.5. The number of amides is 1. The molecule has 0 atom stereocenters. The fourth-order valence-corrected chi connectivity index (χ4v) is 3.67. The van der Waals surface area contributed by atoms with Crippen molar-refractivity contribution in [3.63, 3.8) is 0 Å². The van der Waals surface area contributed by atoms with E-state index in [1.807, 2.05) is 71.8 Å². The summed E-state index contributed by atoms with van der Waals surface area (Å²) >= 11 is 0. The van der Waals surface area contributed by atoms with Gasteiger partial charge in [-0.15, -0.1) is 0 Å². The smallest absolute Gasteiger partial charge is 0.273 e. The highest BCUT2D eigenvalue weighted by Gasteiger charge is 2.14. The minimum atomic E-state index is -0.416. The average Bonchev–Trinajstić information content (AvgIpc) is 3.42. The summed E-state index contributed by atoms with van der Waals surface area (Å²) in [5.41, 5.74) is 7.12. The summed E-state index contributed by atoms with van der Waals surface area (Å²) in [5, 5.41) is 15.3. The first-order valence-electron chi connectivity index (χ1n) is 9.95. The molecule has 0 fully saturated rings. The van der Waals surface area contributed by atoms with E-state index in [-0.39, 0.29) is 11.6 Å². The quantitative estimate of drug-likeness (QED) is 0.278. The van der Waals surface area contributed by atoms with Crippen molar-refractivity contribution in [1.29, 1.82) is 0 Å². The molecular formula is C24H21N5O3. The number of aryl methyl sites for hydroxylation is 1. The molecule has 0 spiro atoms. The Hall–Kier alpha value is -4.46. The number of nitrogens with zero attached hydrogens (tertiary/aromatic N) is 4. The molecule has 4 aromatic rings. The number of hydrogen-bond donors (Lipinski definition) is 1. The van der Waals surface area contributed by atoms with Gasteiger partial charge in [0, 0.05) is 41.5 Å². The van der Waals surface area contributed by atoms with Crippen LogP contribution in [0, 0.1) is 24.0 Å². The van der Waals surface area contributed by atoms with E-state index in [9.17, 15) is 14.9 Å². The number of carbonyl (C=O) groups is 1. The fraction of sp³-hybridized carbons (Fsp3) is 0.0833. The number of nitrogens with one attached hydrogen (secondary N) is 1. The predicted molar refractivity (Wildman–Crippen MR) is 123 cm³/mol. The van der Waals surface area contributed by atoms with Gasteiger partial charge in [0.2, 0.25) is 0 Å². The fourth-order valence-electron chi connectivity index (χ4n) is 3.67. The third-order valence-corrected chi connectivity index (χ3v) is 5.17. The number of hydrogen-bond acceptors (Lipinski definition) is 4. The van der Waals surface area contributed by atoms with E-state index in [0.29, 0.717) is 11.3 Å². The van der Waals surface area contributed by atoms with E-state index < -0.39 is 4.92 Å². The number of non-ortho nitro benzene ring substituents is 1. The van der Waals surface area contributed by atoms with E-state index in [1.165, 1.54) is 12.1 Å².